The lowest BCUT2D eigenvalue weighted by molar-refractivity contribution is -0.124. The molecule has 0 saturated carbocycles. The molecule has 3 atom stereocenters. The molecular formula is C52H105NO4. The first kappa shape index (κ1) is 56.4. The molecule has 0 radical (unpaired) electrons. The number of nitrogens with one attached hydrogen (secondary N) is 1. The van der Waals surface area contributed by atoms with Gasteiger partial charge in [0.15, 0.2) is 0 Å². The summed E-state index contributed by atoms with van der Waals surface area (Å²) in [5.74, 6) is -0.140. The van der Waals surface area contributed by atoms with Gasteiger partial charge >= 0.3 is 0 Å². The molecule has 342 valence electrons. The SMILES string of the molecule is CCCCCCCCCCCCCCCCCCCCCCCCCCCCCCCCCCCCCC(=O)NC(CO)C(O)C(O)CCCCCCCCCC. The third-order valence-electron chi connectivity index (χ3n) is 12.7. The van der Waals surface area contributed by atoms with Gasteiger partial charge in [-0.2, -0.15) is 0 Å². The van der Waals surface area contributed by atoms with Gasteiger partial charge in [-0.1, -0.05) is 284 Å². The Morgan fingerprint density at radius 3 is 0.842 bits per heavy atom. The van der Waals surface area contributed by atoms with Crippen molar-refractivity contribution in [1.82, 2.24) is 5.32 Å². The van der Waals surface area contributed by atoms with Crippen molar-refractivity contribution in [2.24, 2.45) is 0 Å². The van der Waals surface area contributed by atoms with Gasteiger partial charge in [-0.25, -0.2) is 0 Å². The Morgan fingerprint density at radius 1 is 0.368 bits per heavy atom. The van der Waals surface area contributed by atoms with Crippen LogP contribution in [0.5, 0.6) is 0 Å². The van der Waals surface area contributed by atoms with Gasteiger partial charge in [0.05, 0.1) is 18.8 Å². The number of amides is 1. The molecule has 0 aromatic rings. The fourth-order valence-corrected chi connectivity index (χ4v) is 8.64. The molecule has 1 amide bonds. The van der Waals surface area contributed by atoms with Gasteiger partial charge in [-0.15, -0.1) is 0 Å². The molecule has 0 aliphatic rings. The molecule has 0 fully saturated rings. The summed E-state index contributed by atoms with van der Waals surface area (Å²) >= 11 is 0. The molecule has 5 nitrogen and oxygen atoms in total. The van der Waals surface area contributed by atoms with Crippen LogP contribution in [0.15, 0.2) is 0 Å². The predicted octanol–water partition coefficient (Wildman–Crippen LogP) is 15.8. The van der Waals surface area contributed by atoms with Crippen molar-refractivity contribution in [3.05, 3.63) is 0 Å². The lowest BCUT2D eigenvalue weighted by Gasteiger charge is -2.26. The van der Waals surface area contributed by atoms with E-state index in [1.165, 1.54) is 238 Å². The molecule has 0 aromatic carbocycles. The number of rotatable bonds is 49. The Kier molecular flexibility index (Phi) is 47.5. The predicted molar refractivity (Wildman–Crippen MR) is 250 cm³/mol. The standard InChI is InChI=1S/C52H105NO4/c1-3-5-7-9-11-13-14-15-16-17-18-19-20-21-22-23-24-25-26-27-28-29-30-31-32-33-34-35-36-37-38-39-41-43-45-47-51(56)53-49(48-54)52(57)50(55)46-44-42-40-12-10-8-6-4-2/h49-50,52,54-55,57H,3-48H2,1-2H3,(H,53,56). The average Bonchev–Trinajstić information content (AvgIpc) is 3.22. The van der Waals surface area contributed by atoms with Crippen molar-refractivity contribution in [2.75, 3.05) is 6.61 Å². The third-order valence-corrected chi connectivity index (χ3v) is 12.7. The summed E-state index contributed by atoms with van der Waals surface area (Å²) in [6, 6.07) is -0.801. The topological polar surface area (TPSA) is 89.8 Å². The first-order valence-corrected chi connectivity index (χ1v) is 26.3. The van der Waals surface area contributed by atoms with Crippen molar-refractivity contribution in [2.45, 2.75) is 321 Å². The van der Waals surface area contributed by atoms with Gasteiger partial charge in [0.25, 0.3) is 0 Å². The highest BCUT2D eigenvalue weighted by atomic mass is 16.3. The summed E-state index contributed by atoms with van der Waals surface area (Å²) in [5.41, 5.74) is 0. The second-order valence-corrected chi connectivity index (χ2v) is 18.4. The zero-order chi connectivity index (χ0) is 41.5. The molecule has 0 saturated heterocycles. The lowest BCUT2D eigenvalue weighted by Crippen LogP contribution is -2.50. The summed E-state index contributed by atoms with van der Waals surface area (Å²) in [6.07, 6.45) is 57.2. The van der Waals surface area contributed by atoms with Crippen LogP contribution >= 0.6 is 0 Å². The minimum absolute atomic E-state index is 0.140. The number of carbonyl (C=O) groups excluding carboxylic acids is 1. The number of hydrogen-bond acceptors (Lipinski definition) is 4. The van der Waals surface area contributed by atoms with E-state index in [4.69, 9.17) is 0 Å². The van der Waals surface area contributed by atoms with Crippen LogP contribution in [0.3, 0.4) is 0 Å². The Hall–Kier alpha value is -0.650. The maximum atomic E-state index is 12.4. The minimum atomic E-state index is -1.13. The lowest BCUT2D eigenvalue weighted by atomic mass is 9.99. The van der Waals surface area contributed by atoms with Crippen LogP contribution in [0.4, 0.5) is 0 Å². The van der Waals surface area contributed by atoms with E-state index >= 15 is 0 Å². The summed E-state index contributed by atoms with van der Waals surface area (Å²) in [6.45, 7) is 4.17. The van der Waals surface area contributed by atoms with Gasteiger partial charge in [0, 0.05) is 6.42 Å². The highest BCUT2D eigenvalue weighted by Crippen LogP contribution is 2.18. The smallest absolute Gasteiger partial charge is 0.220 e. The van der Waals surface area contributed by atoms with E-state index in [0.717, 1.165) is 38.5 Å². The van der Waals surface area contributed by atoms with Gasteiger partial charge < -0.3 is 20.6 Å². The van der Waals surface area contributed by atoms with Crippen molar-refractivity contribution in [3.8, 4) is 0 Å². The van der Waals surface area contributed by atoms with E-state index in [1.54, 1.807) is 0 Å². The maximum absolute atomic E-state index is 12.4. The molecule has 3 unspecified atom stereocenters. The second-order valence-electron chi connectivity index (χ2n) is 18.4. The van der Waals surface area contributed by atoms with Crippen molar-refractivity contribution in [3.63, 3.8) is 0 Å². The number of unbranched alkanes of at least 4 members (excludes halogenated alkanes) is 41. The molecule has 0 heterocycles. The number of aliphatic hydroxyl groups excluding tert-OH is 3. The van der Waals surface area contributed by atoms with Crippen LogP contribution in [0.2, 0.25) is 0 Å². The first-order valence-electron chi connectivity index (χ1n) is 26.3. The van der Waals surface area contributed by atoms with E-state index < -0.39 is 18.2 Å². The molecule has 0 spiro atoms. The monoisotopic (exact) mass is 808 g/mol. The zero-order valence-corrected chi connectivity index (χ0v) is 39.0. The van der Waals surface area contributed by atoms with Crippen LogP contribution in [0.1, 0.15) is 303 Å². The highest BCUT2D eigenvalue weighted by Gasteiger charge is 2.26. The van der Waals surface area contributed by atoms with E-state index in [0.29, 0.717) is 12.8 Å². The Labute approximate surface area is 357 Å². The van der Waals surface area contributed by atoms with Crippen LogP contribution in [-0.4, -0.2) is 46.1 Å². The molecule has 0 bridgehead atoms. The molecule has 0 rings (SSSR count). The fraction of sp³-hybridized carbons (Fsp3) is 0.981. The van der Waals surface area contributed by atoms with Crippen LogP contribution in [0, 0.1) is 0 Å². The zero-order valence-electron chi connectivity index (χ0n) is 39.0. The first-order chi connectivity index (χ1) is 28.1. The van der Waals surface area contributed by atoms with Crippen molar-refractivity contribution < 1.29 is 20.1 Å². The number of carbonyl (C=O) groups is 1. The van der Waals surface area contributed by atoms with E-state index in [2.05, 4.69) is 19.2 Å². The minimum Gasteiger partial charge on any atom is -0.394 e. The van der Waals surface area contributed by atoms with Gasteiger partial charge in [0.2, 0.25) is 5.91 Å². The number of hydrogen-bond donors (Lipinski definition) is 4. The normalized spacial score (nSPS) is 13.3. The van der Waals surface area contributed by atoms with Gasteiger partial charge in [0.1, 0.15) is 6.10 Å². The van der Waals surface area contributed by atoms with Gasteiger partial charge in [-0.3, -0.25) is 4.79 Å². The molecule has 0 aliphatic carbocycles. The van der Waals surface area contributed by atoms with E-state index in [-0.39, 0.29) is 12.5 Å². The quantitative estimate of drug-likeness (QED) is 0.0461. The molecule has 57 heavy (non-hydrogen) atoms. The second kappa shape index (κ2) is 48.0. The van der Waals surface area contributed by atoms with Crippen LogP contribution < -0.4 is 5.32 Å². The Bertz CT molecular complexity index is 762. The molecule has 0 aliphatic heterocycles. The molecule has 4 N–H and O–H groups in total. The van der Waals surface area contributed by atoms with Crippen LogP contribution in [0.25, 0.3) is 0 Å². The molecule has 5 heteroatoms. The van der Waals surface area contributed by atoms with E-state index in [1.807, 2.05) is 0 Å². The fourth-order valence-electron chi connectivity index (χ4n) is 8.64. The van der Waals surface area contributed by atoms with Gasteiger partial charge in [-0.05, 0) is 12.8 Å². The average molecular weight is 808 g/mol. The largest absolute Gasteiger partial charge is 0.394 e. The molecular weight excluding hydrogens is 703 g/mol. The summed E-state index contributed by atoms with van der Waals surface area (Å²) < 4.78 is 0. The van der Waals surface area contributed by atoms with Crippen molar-refractivity contribution in [1.29, 1.82) is 0 Å². The Balaban J connectivity index is 3.36. The highest BCUT2D eigenvalue weighted by molar-refractivity contribution is 5.76. The Morgan fingerprint density at radius 2 is 0.596 bits per heavy atom. The molecule has 0 aromatic heterocycles. The van der Waals surface area contributed by atoms with Crippen LogP contribution in [-0.2, 0) is 4.79 Å². The third kappa shape index (κ3) is 43.3. The van der Waals surface area contributed by atoms with Crippen molar-refractivity contribution >= 4 is 5.91 Å². The summed E-state index contributed by atoms with van der Waals surface area (Å²) in [5, 5.41) is 33.4. The number of aliphatic hydroxyl groups is 3. The summed E-state index contributed by atoms with van der Waals surface area (Å²) in [4.78, 5) is 12.4. The maximum Gasteiger partial charge on any atom is 0.220 e. The van der Waals surface area contributed by atoms with E-state index in [9.17, 15) is 20.1 Å². The summed E-state index contributed by atoms with van der Waals surface area (Å²) in [7, 11) is 0.